The SMILES string of the molecule is CC[N+]1=C(C)C(C)(CCCCS(=O)(=O)O)c2cc(SOO[O-])ccc21. The lowest BCUT2D eigenvalue weighted by molar-refractivity contribution is -0.777. The van der Waals surface area contributed by atoms with Gasteiger partial charge in [0, 0.05) is 23.4 Å². The van der Waals surface area contributed by atoms with Crippen molar-refractivity contribution in [1.82, 2.24) is 0 Å². The molecule has 0 saturated heterocycles. The molecule has 1 N–H and O–H groups in total. The molecule has 0 saturated carbocycles. The Kier molecular flexibility index (Phi) is 6.63. The third kappa shape index (κ3) is 4.60. The van der Waals surface area contributed by atoms with Crippen LogP contribution in [0.1, 0.15) is 45.6 Å². The van der Waals surface area contributed by atoms with Gasteiger partial charge in [-0.3, -0.25) is 9.59 Å². The van der Waals surface area contributed by atoms with E-state index < -0.39 is 10.1 Å². The van der Waals surface area contributed by atoms with Crippen LogP contribution in [0.5, 0.6) is 0 Å². The molecule has 0 spiro atoms. The molecule has 140 valence electrons. The third-order valence-corrected chi connectivity index (χ3v) is 6.23. The zero-order valence-electron chi connectivity index (χ0n) is 14.5. The molecule has 7 nitrogen and oxygen atoms in total. The molecule has 0 aliphatic carbocycles. The Morgan fingerprint density at radius 2 is 2.08 bits per heavy atom. The standard InChI is InChI=1S/C16H23NO6S2/c1-4-17-12(2)16(3,9-5-6-10-25(19,20)21)14-11-13(24-23-22-18)7-8-15(14)17/h7-8,11H,4-6,9-10H2,1-3H3,(H-,18,19,20,21). The number of unbranched alkanes of at least 4 members (excludes halogenated alkanes) is 1. The molecular formula is C16H23NO6S2. The monoisotopic (exact) mass is 389 g/mol. The Balaban J connectivity index is 2.26. The first-order valence-electron chi connectivity index (χ1n) is 8.07. The number of hydrogen-bond acceptors (Lipinski definition) is 6. The summed E-state index contributed by atoms with van der Waals surface area (Å²) in [7, 11) is -3.93. The molecule has 2 rings (SSSR count). The molecular weight excluding hydrogens is 366 g/mol. The second kappa shape index (κ2) is 8.15. The van der Waals surface area contributed by atoms with Gasteiger partial charge in [-0.2, -0.15) is 17.3 Å². The summed E-state index contributed by atoms with van der Waals surface area (Å²) in [6.45, 7) is 7.11. The van der Waals surface area contributed by atoms with Crippen molar-refractivity contribution in [3.05, 3.63) is 23.8 Å². The lowest BCUT2D eigenvalue weighted by atomic mass is 9.76. The first-order chi connectivity index (χ1) is 11.7. The van der Waals surface area contributed by atoms with Crippen LogP contribution in [0.15, 0.2) is 23.1 Å². The summed E-state index contributed by atoms with van der Waals surface area (Å²) in [5.41, 5.74) is 3.15. The molecule has 1 heterocycles. The smallest absolute Gasteiger partial charge is 0.264 e. The van der Waals surface area contributed by atoms with Crippen molar-refractivity contribution in [3.63, 3.8) is 0 Å². The largest absolute Gasteiger partial charge is 0.691 e. The van der Waals surface area contributed by atoms with Gasteiger partial charge in [0.05, 0.1) is 23.2 Å². The van der Waals surface area contributed by atoms with Crippen LogP contribution in [0.25, 0.3) is 0 Å². The number of rotatable bonds is 9. The van der Waals surface area contributed by atoms with Crippen LogP contribution in [0, 0.1) is 0 Å². The Hall–Kier alpha value is -0.970. The fourth-order valence-electron chi connectivity index (χ4n) is 3.46. The molecule has 0 radical (unpaired) electrons. The average Bonchev–Trinajstić information content (AvgIpc) is 2.77. The minimum absolute atomic E-state index is 0.225. The number of fused-ring (bicyclic) bond motifs is 1. The molecule has 1 aliphatic rings. The molecule has 0 bridgehead atoms. The third-order valence-electron chi connectivity index (χ3n) is 4.86. The van der Waals surface area contributed by atoms with Crippen molar-refractivity contribution < 1.29 is 32.2 Å². The highest BCUT2D eigenvalue weighted by Crippen LogP contribution is 2.44. The topological polar surface area (TPSA) is 98.9 Å². The van der Waals surface area contributed by atoms with Gasteiger partial charge in [0.15, 0.2) is 5.71 Å². The van der Waals surface area contributed by atoms with Gasteiger partial charge < -0.3 is 5.26 Å². The Morgan fingerprint density at radius 3 is 2.68 bits per heavy atom. The minimum Gasteiger partial charge on any atom is -0.691 e. The van der Waals surface area contributed by atoms with Crippen molar-refractivity contribution in [2.75, 3.05) is 12.3 Å². The second-order valence-electron chi connectivity index (χ2n) is 6.30. The Bertz CT molecular complexity index is 762. The quantitative estimate of drug-likeness (QED) is 0.173. The number of benzene rings is 1. The van der Waals surface area contributed by atoms with E-state index in [2.05, 4.69) is 34.7 Å². The molecule has 1 unspecified atom stereocenters. The zero-order chi connectivity index (χ0) is 18.7. The van der Waals surface area contributed by atoms with Gasteiger partial charge in [0.25, 0.3) is 10.1 Å². The van der Waals surface area contributed by atoms with E-state index in [1.807, 2.05) is 18.2 Å². The zero-order valence-corrected chi connectivity index (χ0v) is 16.2. The van der Waals surface area contributed by atoms with Gasteiger partial charge in [-0.05, 0) is 38.8 Å². The molecule has 1 atom stereocenters. The van der Waals surface area contributed by atoms with E-state index >= 15 is 0 Å². The molecule has 1 aliphatic heterocycles. The molecule has 9 heteroatoms. The van der Waals surface area contributed by atoms with Crippen LogP contribution in [-0.4, -0.2) is 35.6 Å². The first kappa shape index (κ1) is 20.3. The maximum Gasteiger partial charge on any atom is 0.264 e. The minimum atomic E-state index is -3.93. The predicted octanol–water partition coefficient (Wildman–Crippen LogP) is 2.37. The van der Waals surface area contributed by atoms with Crippen LogP contribution in [0.4, 0.5) is 5.69 Å². The van der Waals surface area contributed by atoms with Crippen molar-refractivity contribution in [2.45, 2.75) is 50.3 Å². The highest BCUT2D eigenvalue weighted by Gasteiger charge is 2.45. The molecule has 0 aromatic heterocycles. The summed E-state index contributed by atoms with van der Waals surface area (Å²) in [5, 5.41) is 13.5. The maximum atomic E-state index is 10.9. The van der Waals surface area contributed by atoms with Gasteiger partial charge >= 0.3 is 0 Å². The van der Waals surface area contributed by atoms with Gasteiger partial charge in [0.2, 0.25) is 5.69 Å². The summed E-state index contributed by atoms with van der Waals surface area (Å²) < 4.78 is 37.3. The van der Waals surface area contributed by atoms with E-state index in [1.54, 1.807) is 0 Å². The van der Waals surface area contributed by atoms with Crippen LogP contribution in [0.2, 0.25) is 0 Å². The van der Waals surface area contributed by atoms with Crippen LogP contribution in [-0.2, 0) is 24.9 Å². The predicted molar refractivity (Wildman–Crippen MR) is 93.2 cm³/mol. The summed E-state index contributed by atoms with van der Waals surface area (Å²) >= 11 is 0.854. The van der Waals surface area contributed by atoms with Gasteiger partial charge in [0.1, 0.15) is 6.54 Å². The molecule has 0 amide bonds. The molecule has 1 aromatic carbocycles. The Morgan fingerprint density at radius 1 is 1.36 bits per heavy atom. The normalized spacial score (nSPS) is 20.2. The molecule has 25 heavy (non-hydrogen) atoms. The van der Waals surface area contributed by atoms with Crippen molar-refractivity contribution in [3.8, 4) is 0 Å². The van der Waals surface area contributed by atoms with Gasteiger partial charge in [-0.15, -0.1) is 0 Å². The lowest BCUT2D eigenvalue weighted by Crippen LogP contribution is -2.30. The highest BCUT2D eigenvalue weighted by molar-refractivity contribution is 7.94. The van der Waals surface area contributed by atoms with Crippen LogP contribution >= 0.6 is 12.0 Å². The van der Waals surface area contributed by atoms with E-state index in [9.17, 15) is 13.7 Å². The second-order valence-corrected chi connectivity index (χ2v) is 8.65. The van der Waals surface area contributed by atoms with E-state index in [-0.39, 0.29) is 11.2 Å². The first-order valence-corrected chi connectivity index (χ1v) is 10.4. The van der Waals surface area contributed by atoms with E-state index in [4.69, 9.17) is 4.55 Å². The van der Waals surface area contributed by atoms with Crippen molar-refractivity contribution in [2.24, 2.45) is 0 Å². The van der Waals surface area contributed by atoms with E-state index in [1.165, 1.54) is 5.71 Å². The van der Waals surface area contributed by atoms with Crippen molar-refractivity contribution >= 4 is 33.6 Å². The maximum absolute atomic E-state index is 10.9. The summed E-state index contributed by atoms with van der Waals surface area (Å²) in [4.78, 5) is 0.754. The van der Waals surface area contributed by atoms with Gasteiger partial charge in [-0.25, -0.2) is 0 Å². The average molecular weight is 389 g/mol. The molecule has 1 aromatic rings. The number of hydrogen-bond donors (Lipinski definition) is 1. The van der Waals surface area contributed by atoms with Crippen LogP contribution < -0.4 is 5.26 Å². The summed E-state index contributed by atoms with van der Waals surface area (Å²) in [5.74, 6) is -0.225. The summed E-state index contributed by atoms with van der Waals surface area (Å²) in [6, 6.07) is 5.83. The van der Waals surface area contributed by atoms with E-state index in [0.29, 0.717) is 12.8 Å². The lowest BCUT2D eigenvalue weighted by Gasteiger charge is -2.22. The fraction of sp³-hybridized carbons (Fsp3) is 0.562. The highest BCUT2D eigenvalue weighted by atomic mass is 32.2. The van der Waals surface area contributed by atoms with Gasteiger partial charge in [-0.1, -0.05) is 6.42 Å². The fourth-order valence-corrected chi connectivity index (χ4v) is 4.42. The van der Waals surface area contributed by atoms with E-state index in [0.717, 1.165) is 41.2 Å². The Labute approximate surface area is 152 Å². The number of nitrogens with zero attached hydrogens (tertiary/aromatic N) is 1. The summed E-state index contributed by atoms with van der Waals surface area (Å²) in [6.07, 6.45) is 1.83. The molecule has 0 fully saturated rings. The van der Waals surface area contributed by atoms with Crippen LogP contribution in [0.3, 0.4) is 0 Å². The van der Waals surface area contributed by atoms with Crippen molar-refractivity contribution in [1.29, 1.82) is 0 Å².